The second-order valence-corrected chi connectivity index (χ2v) is 9.21. The van der Waals surface area contributed by atoms with Gasteiger partial charge < -0.3 is 15.4 Å². The molecule has 0 aliphatic carbocycles. The zero-order valence-corrected chi connectivity index (χ0v) is 20.8. The number of nitrogens with one attached hydrogen (secondary N) is 2. The number of thiazole rings is 1. The number of hydrogen-bond donors (Lipinski definition) is 2. The summed E-state index contributed by atoms with van der Waals surface area (Å²) < 4.78 is 46.6. The molecule has 2 aromatic carbocycles. The van der Waals surface area contributed by atoms with E-state index in [1.807, 2.05) is 0 Å². The molecule has 0 fully saturated rings. The second-order valence-electron chi connectivity index (χ2n) is 7.37. The predicted octanol–water partition coefficient (Wildman–Crippen LogP) is 4.41. The van der Waals surface area contributed by atoms with Gasteiger partial charge in [0, 0.05) is 17.1 Å². The van der Waals surface area contributed by atoms with Crippen LogP contribution >= 0.6 is 23.1 Å². The van der Waals surface area contributed by atoms with Gasteiger partial charge in [-0.25, -0.2) is 4.98 Å². The minimum Gasteiger partial charge on any atom is -0.497 e. The summed E-state index contributed by atoms with van der Waals surface area (Å²) in [6.07, 6.45) is -3.02. The Bertz CT molecular complexity index is 1390. The molecule has 0 atom stereocenters. The number of hydrogen-bond acceptors (Lipinski definition) is 8. The van der Waals surface area contributed by atoms with Crippen LogP contribution in [0, 0.1) is 0 Å². The fraction of sp³-hybridized carbons (Fsp3) is 0.174. The van der Waals surface area contributed by atoms with Crippen LogP contribution in [0.5, 0.6) is 5.75 Å². The van der Waals surface area contributed by atoms with E-state index in [4.69, 9.17) is 4.74 Å². The third kappa shape index (κ3) is 6.65. The Hall–Kier alpha value is -3.91. The normalized spacial score (nSPS) is 11.2. The Morgan fingerprint density at radius 2 is 1.95 bits per heavy atom. The number of alkyl halides is 3. The molecular formula is C23H19F3N6O3S2. The van der Waals surface area contributed by atoms with E-state index in [1.165, 1.54) is 35.1 Å². The molecule has 2 N–H and O–H groups in total. The molecule has 37 heavy (non-hydrogen) atoms. The number of methoxy groups -OCH3 is 1. The molecule has 9 nitrogen and oxygen atoms in total. The highest BCUT2D eigenvalue weighted by Gasteiger charge is 2.31. The van der Waals surface area contributed by atoms with E-state index >= 15 is 0 Å². The highest BCUT2D eigenvalue weighted by atomic mass is 32.2. The minimum absolute atomic E-state index is 0.0904. The molecule has 4 rings (SSSR count). The van der Waals surface area contributed by atoms with Gasteiger partial charge in [-0.2, -0.15) is 13.2 Å². The smallest absolute Gasteiger partial charge is 0.416 e. The molecule has 0 radical (unpaired) electrons. The maximum absolute atomic E-state index is 13.4. The Balaban J connectivity index is 1.58. The van der Waals surface area contributed by atoms with Gasteiger partial charge in [0.25, 0.3) is 5.91 Å². The van der Waals surface area contributed by atoms with Crippen LogP contribution in [0.15, 0.2) is 65.3 Å². The van der Waals surface area contributed by atoms with Gasteiger partial charge in [-0.3, -0.25) is 14.2 Å². The summed E-state index contributed by atoms with van der Waals surface area (Å²) >= 11 is 2.24. The molecule has 192 valence electrons. The van der Waals surface area contributed by atoms with Gasteiger partial charge in [0.05, 0.1) is 30.7 Å². The van der Waals surface area contributed by atoms with Crippen LogP contribution < -0.4 is 15.4 Å². The average Bonchev–Trinajstić information content (AvgIpc) is 3.55. The van der Waals surface area contributed by atoms with Gasteiger partial charge >= 0.3 is 6.18 Å². The van der Waals surface area contributed by atoms with Crippen molar-refractivity contribution in [2.45, 2.75) is 17.9 Å². The molecule has 4 aromatic rings. The van der Waals surface area contributed by atoms with Gasteiger partial charge in [-0.1, -0.05) is 23.9 Å². The summed E-state index contributed by atoms with van der Waals surface area (Å²) in [5.41, 5.74) is -0.395. The maximum atomic E-state index is 13.4. The quantitative estimate of drug-likeness (QED) is 0.298. The predicted molar refractivity (Wildman–Crippen MR) is 132 cm³/mol. The van der Waals surface area contributed by atoms with Crippen LogP contribution in [0.25, 0.3) is 5.69 Å². The standard InChI is InChI=1S/C23H19F3N6O3S2/c1-35-17-7-2-4-14(10-17)20(34)28-12-18-30-31-22(37-13-19(33)29-21-27-8-9-36-21)32(18)16-6-3-5-15(11-16)23(24,25)26/h2-11H,12-13H2,1H3,(H,28,34)(H,27,29,33). The molecule has 2 heterocycles. The van der Waals surface area contributed by atoms with Gasteiger partial charge in [0.2, 0.25) is 5.91 Å². The zero-order valence-electron chi connectivity index (χ0n) is 19.2. The van der Waals surface area contributed by atoms with E-state index in [0.717, 1.165) is 23.9 Å². The molecule has 0 unspecified atom stereocenters. The molecular weight excluding hydrogens is 529 g/mol. The number of benzene rings is 2. The first-order valence-electron chi connectivity index (χ1n) is 10.6. The van der Waals surface area contributed by atoms with Crippen LogP contribution in [0.1, 0.15) is 21.7 Å². The molecule has 0 spiro atoms. The third-order valence-corrected chi connectivity index (χ3v) is 6.50. The topological polar surface area (TPSA) is 111 Å². The zero-order chi connectivity index (χ0) is 26.4. The second kappa shape index (κ2) is 11.4. The monoisotopic (exact) mass is 548 g/mol. The van der Waals surface area contributed by atoms with Crippen molar-refractivity contribution >= 4 is 40.0 Å². The molecule has 0 saturated heterocycles. The summed E-state index contributed by atoms with van der Waals surface area (Å²) in [6, 6.07) is 11.1. The minimum atomic E-state index is -4.56. The average molecular weight is 549 g/mol. The van der Waals surface area contributed by atoms with Crippen LogP contribution in [0.4, 0.5) is 18.3 Å². The van der Waals surface area contributed by atoms with E-state index in [-0.39, 0.29) is 34.9 Å². The first kappa shape index (κ1) is 26.2. The van der Waals surface area contributed by atoms with Crippen molar-refractivity contribution in [2.24, 2.45) is 0 Å². The van der Waals surface area contributed by atoms with Crippen LogP contribution in [-0.4, -0.2) is 44.4 Å². The summed E-state index contributed by atoms with van der Waals surface area (Å²) in [5.74, 6) is -0.221. The number of thioether (sulfide) groups is 1. The molecule has 2 amide bonds. The van der Waals surface area contributed by atoms with E-state index in [9.17, 15) is 22.8 Å². The fourth-order valence-corrected chi connectivity index (χ4v) is 4.50. The van der Waals surface area contributed by atoms with Crippen molar-refractivity contribution in [3.05, 3.63) is 77.1 Å². The van der Waals surface area contributed by atoms with Crippen molar-refractivity contribution < 1.29 is 27.5 Å². The molecule has 0 aliphatic rings. The number of halogens is 3. The van der Waals surface area contributed by atoms with E-state index in [2.05, 4.69) is 25.8 Å². The number of carbonyl (C=O) groups is 2. The number of ether oxygens (including phenoxy) is 1. The van der Waals surface area contributed by atoms with Crippen LogP contribution in [-0.2, 0) is 17.5 Å². The van der Waals surface area contributed by atoms with Crippen molar-refractivity contribution in [2.75, 3.05) is 18.2 Å². The fourth-order valence-electron chi connectivity index (χ4n) is 3.19. The summed E-state index contributed by atoms with van der Waals surface area (Å²) in [7, 11) is 1.48. The van der Waals surface area contributed by atoms with Crippen LogP contribution in [0.3, 0.4) is 0 Å². The molecule has 0 saturated carbocycles. The van der Waals surface area contributed by atoms with E-state index in [1.54, 1.807) is 35.8 Å². The van der Waals surface area contributed by atoms with Gasteiger partial charge in [0.15, 0.2) is 16.1 Å². The summed E-state index contributed by atoms with van der Waals surface area (Å²) in [5, 5.41) is 15.8. The van der Waals surface area contributed by atoms with Gasteiger partial charge in [-0.15, -0.1) is 21.5 Å². The highest BCUT2D eigenvalue weighted by Crippen LogP contribution is 2.31. The van der Waals surface area contributed by atoms with Crippen LogP contribution in [0.2, 0.25) is 0 Å². The Morgan fingerprint density at radius 3 is 2.68 bits per heavy atom. The lowest BCUT2D eigenvalue weighted by molar-refractivity contribution is -0.137. The van der Waals surface area contributed by atoms with Crippen molar-refractivity contribution in [1.29, 1.82) is 0 Å². The molecule has 2 aromatic heterocycles. The molecule has 0 aliphatic heterocycles. The Morgan fingerprint density at radius 1 is 1.14 bits per heavy atom. The number of aromatic nitrogens is 4. The van der Waals surface area contributed by atoms with Gasteiger partial charge in [-0.05, 0) is 36.4 Å². The lowest BCUT2D eigenvalue weighted by atomic mass is 10.2. The highest BCUT2D eigenvalue weighted by molar-refractivity contribution is 7.99. The molecule has 0 bridgehead atoms. The largest absolute Gasteiger partial charge is 0.497 e. The number of carbonyl (C=O) groups excluding carboxylic acids is 2. The van der Waals surface area contributed by atoms with E-state index < -0.39 is 17.6 Å². The van der Waals surface area contributed by atoms with E-state index in [0.29, 0.717) is 16.4 Å². The number of rotatable bonds is 9. The van der Waals surface area contributed by atoms with Gasteiger partial charge in [0.1, 0.15) is 5.75 Å². The summed E-state index contributed by atoms with van der Waals surface area (Å²) in [4.78, 5) is 28.9. The Kier molecular flexibility index (Phi) is 8.08. The SMILES string of the molecule is COc1cccc(C(=O)NCc2nnc(SCC(=O)Nc3nccs3)n2-c2cccc(C(F)(F)F)c2)c1. The number of anilines is 1. The van der Waals surface area contributed by atoms with Crippen molar-refractivity contribution in [3.63, 3.8) is 0 Å². The maximum Gasteiger partial charge on any atom is 0.416 e. The first-order chi connectivity index (χ1) is 17.7. The lowest BCUT2D eigenvalue weighted by Crippen LogP contribution is -2.24. The number of nitrogens with zero attached hydrogens (tertiary/aromatic N) is 4. The first-order valence-corrected chi connectivity index (χ1v) is 12.5. The number of amides is 2. The lowest BCUT2D eigenvalue weighted by Gasteiger charge is -2.13. The third-order valence-electron chi connectivity index (χ3n) is 4.88. The Labute approximate surface area is 217 Å². The van der Waals surface area contributed by atoms with Crippen molar-refractivity contribution in [1.82, 2.24) is 25.1 Å². The summed E-state index contributed by atoms with van der Waals surface area (Å²) in [6.45, 7) is -0.134. The van der Waals surface area contributed by atoms with Crippen molar-refractivity contribution in [3.8, 4) is 11.4 Å². The molecule has 14 heteroatoms.